The van der Waals surface area contributed by atoms with E-state index in [1.807, 2.05) is 0 Å². The summed E-state index contributed by atoms with van der Waals surface area (Å²) in [6.45, 7) is 2.06. The number of carboxylic acid groups (broad SMARTS) is 1. The van der Waals surface area contributed by atoms with E-state index in [-0.39, 0.29) is 19.0 Å². The van der Waals surface area contributed by atoms with Gasteiger partial charge < -0.3 is 19.5 Å². The van der Waals surface area contributed by atoms with Gasteiger partial charge in [0.25, 0.3) is 5.91 Å². The van der Waals surface area contributed by atoms with E-state index in [9.17, 15) is 9.59 Å². The molecule has 8 heteroatoms. The van der Waals surface area contributed by atoms with Crippen LogP contribution in [0, 0.1) is 0 Å². The lowest BCUT2D eigenvalue weighted by Crippen LogP contribution is -2.51. The van der Waals surface area contributed by atoms with Gasteiger partial charge in [0.1, 0.15) is 12.3 Å². The second-order valence-corrected chi connectivity index (χ2v) is 5.08. The highest BCUT2D eigenvalue weighted by Gasteiger charge is 2.18. The van der Waals surface area contributed by atoms with Crippen LogP contribution < -0.4 is 15.1 Å². The second kappa shape index (κ2) is 8.35. The first-order valence-corrected chi connectivity index (χ1v) is 7.31. The lowest BCUT2D eigenvalue weighted by molar-refractivity contribution is -0.135. The number of carbonyl (C=O) groups excluding carboxylic acids is 1. The normalized spacial score (nSPS) is 15.0. The lowest BCUT2D eigenvalue weighted by atomic mass is 10.2. The number of amides is 1. The summed E-state index contributed by atoms with van der Waals surface area (Å²) < 4.78 is 10.3. The number of carboxylic acids is 1. The fourth-order valence-corrected chi connectivity index (χ4v) is 2.26. The molecule has 0 bridgehead atoms. The van der Waals surface area contributed by atoms with Gasteiger partial charge in [0, 0.05) is 18.8 Å². The summed E-state index contributed by atoms with van der Waals surface area (Å²) in [6.07, 6.45) is 0. The monoisotopic (exact) mass is 323 g/mol. The van der Waals surface area contributed by atoms with Crippen LogP contribution in [-0.4, -0.2) is 68.5 Å². The van der Waals surface area contributed by atoms with E-state index in [1.54, 1.807) is 36.4 Å². The van der Waals surface area contributed by atoms with E-state index >= 15 is 0 Å². The maximum Gasteiger partial charge on any atom is 0.323 e. The molecule has 1 aliphatic heterocycles. The highest BCUT2D eigenvalue weighted by atomic mass is 16.5. The summed E-state index contributed by atoms with van der Waals surface area (Å²) in [7, 11) is 1.56. The molecule has 0 atom stereocenters. The van der Waals surface area contributed by atoms with Crippen LogP contribution in [0.5, 0.6) is 5.75 Å². The topological polar surface area (TPSA) is 91.3 Å². The zero-order valence-electron chi connectivity index (χ0n) is 13.0. The molecule has 0 spiro atoms. The SMILES string of the molecule is COc1ccc(N(CC(=O)O)CC(=O)NN2CCOCC2)cc1. The molecule has 2 rings (SSSR count). The molecule has 1 heterocycles. The number of anilines is 1. The Balaban J connectivity index is 1.99. The largest absolute Gasteiger partial charge is 0.497 e. The van der Waals surface area contributed by atoms with Crippen molar-refractivity contribution in [2.75, 3.05) is 51.4 Å². The molecule has 1 amide bonds. The Morgan fingerprint density at radius 1 is 1.26 bits per heavy atom. The highest BCUT2D eigenvalue weighted by Crippen LogP contribution is 2.18. The van der Waals surface area contributed by atoms with Crippen LogP contribution in [0.15, 0.2) is 24.3 Å². The van der Waals surface area contributed by atoms with Gasteiger partial charge in [-0.15, -0.1) is 0 Å². The Morgan fingerprint density at radius 3 is 2.48 bits per heavy atom. The molecule has 2 N–H and O–H groups in total. The van der Waals surface area contributed by atoms with Crippen molar-refractivity contribution in [1.82, 2.24) is 10.4 Å². The predicted octanol–water partition coefficient (Wildman–Crippen LogP) is -0.0504. The Morgan fingerprint density at radius 2 is 1.91 bits per heavy atom. The summed E-state index contributed by atoms with van der Waals surface area (Å²) in [4.78, 5) is 24.7. The van der Waals surface area contributed by atoms with E-state index in [0.717, 1.165) is 0 Å². The average Bonchev–Trinajstić information content (AvgIpc) is 2.55. The number of morpholine rings is 1. The lowest BCUT2D eigenvalue weighted by Gasteiger charge is -2.29. The van der Waals surface area contributed by atoms with Crippen molar-refractivity contribution in [3.8, 4) is 5.75 Å². The quantitative estimate of drug-likeness (QED) is 0.727. The van der Waals surface area contributed by atoms with E-state index in [1.165, 1.54) is 4.90 Å². The maximum absolute atomic E-state index is 12.1. The predicted molar refractivity (Wildman–Crippen MR) is 83.4 cm³/mol. The fraction of sp³-hybridized carbons (Fsp3) is 0.467. The van der Waals surface area contributed by atoms with Crippen LogP contribution in [-0.2, 0) is 14.3 Å². The van der Waals surface area contributed by atoms with Crippen LogP contribution in [0.4, 0.5) is 5.69 Å². The van der Waals surface area contributed by atoms with E-state index < -0.39 is 5.97 Å². The molecule has 0 aromatic heterocycles. The van der Waals surface area contributed by atoms with Crippen LogP contribution in [0.25, 0.3) is 0 Å². The number of hydrogen-bond acceptors (Lipinski definition) is 6. The zero-order valence-corrected chi connectivity index (χ0v) is 13.0. The Kier molecular flexibility index (Phi) is 6.19. The Bertz CT molecular complexity index is 528. The number of hydrazine groups is 1. The third kappa shape index (κ3) is 5.42. The molecule has 1 saturated heterocycles. The van der Waals surface area contributed by atoms with Gasteiger partial charge in [0.05, 0.1) is 26.9 Å². The first-order chi connectivity index (χ1) is 11.1. The van der Waals surface area contributed by atoms with Gasteiger partial charge in [-0.2, -0.15) is 0 Å². The smallest absolute Gasteiger partial charge is 0.323 e. The van der Waals surface area contributed by atoms with Gasteiger partial charge >= 0.3 is 5.97 Å². The Labute approximate surface area is 134 Å². The van der Waals surface area contributed by atoms with Gasteiger partial charge in [0.2, 0.25) is 0 Å². The van der Waals surface area contributed by atoms with Gasteiger partial charge in [-0.3, -0.25) is 15.0 Å². The van der Waals surface area contributed by atoms with Crippen LogP contribution in [0.2, 0.25) is 0 Å². The molecule has 1 aromatic rings. The number of aliphatic carboxylic acids is 1. The summed E-state index contributed by atoms with van der Waals surface area (Å²) in [6, 6.07) is 6.90. The second-order valence-electron chi connectivity index (χ2n) is 5.08. The average molecular weight is 323 g/mol. The summed E-state index contributed by atoms with van der Waals surface area (Å²) in [5.41, 5.74) is 3.41. The molecule has 1 fully saturated rings. The zero-order chi connectivity index (χ0) is 16.7. The van der Waals surface area contributed by atoms with E-state index in [4.69, 9.17) is 14.6 Å². The third-order valence-corrected chi connectivity index (χ3v) is 3.39. The van der Waals surface area contributed by atoms with Crippen molar-refractivity contribution in [3.05, 3.63) is 24.3 Å². The van der Waals surface area contributed by atoms with Crippen LogP contribution in [0.1, 0.15) is 0 Å². The highest BCUT2D eigenvalue weighted by molar-refractivity contribution is 5.83. The molecule has 1 aromatic carbocycles. The molecule has 0 radical (unpaired) electrons. The molecule has 0 unspecified atom stereocenters. The van der Waals surface area contributed by atoms with Gasteiger partial charge in [0.15, 0.2) is 0 Å². The molecule has 8 nitrogen and oxygen atoms in total. The van der Waals surface area contributed by atoms with Crippen LogP contribution >= 0.6 is 0 Å². The third-order valence-electron chi connectivity index (χ3n) is 3.39. The minimum atomic E-state index is -1.00. The summed E-state index contributed by atoms with van der Waals surface area (Å²) in [5.74, 6) is -0.592. The summed E-state index contributed by atoms with van der Waals surface area (Å²) in [5, 5.41) is 10.8. The van der Waals surface area contributed by atoms with Crippen molar-refractivity contribution in [3.63, 3.8) is 0 Å². The van der Waals surface area contributed by atoms with Gasteiger partial charge in [-0.05, 0) is 24.3 Å². The molecular formula is C15H21N3O5. The molecule has 0 saturated carbocycles. The first-order valence-electron chi connectivity index (χ1n) is 7.31. The molecule has 126 valence electrons. The molecule has 1 aliphatic rings. The molecule has 23 heavy (non-hydrogen) atoms. The molecule has 0 aliphatic carbocycles. The van der Waals surface area contributed by atoms with E-state index in [0.29, 0.717) is 37.7 Å². The number of benzene rings is 1. The van der Waals surface area contributed by atoms with Gasteiger partial charge in [-0.25, -0.2) is 5.01 Å². The van der Waals surface area contributed by atoms with Crippen molar-refractivity contribution in [2.24, 2.45) is 0 Å². The minimum absolute atomic E-state index is 0.0456. The van der Waals surface area contributed by atoms with Crippen molar-refractivity contribution < 1.29 is 24.2 Å². The number of ether oxygens (including phenoxy) is 2. The number of nitrogens with one attached hydrogen (secondary N) is 1. The number of hydrogen-bond donors (Lipinski definition) is 2. The number of nitrogens with zero attached hydrogens (tertiary/aromatic N) is 2. The maximum atomic E-state index is 12.1. The van der Waals surface area contributed by atoms with Crippen molar-refractivity contribution in [1.29, 1.82) is 0 Å². The van der Waals surface area contributed by atoms with Crippen LogP contribution in [0.3, 0.4) is 0 Å². The standard InChI is InChI=1S/C15H21N3O5/c1-22-13-4-2-12(3-5-13)17(11-15(20)21)10-14(19)16-18-6-8-23-9-7-18/h2-5H,6-11H2,1H3,(H,16,19)(H,20,21). The van der Waals surface area contributed by atoms with Crippen molar-refractivity contribution in [2.45, 2.75) is 0 Å². The minimum Gasteiger partial charge on any atom is -0.497 e. The summed E-state index contributed by atoms with van der Waals surface area (Å²) >= 11 is 0. The first kappa shape index (κ1) is 17.0. The number of methoxy groups -OCH3 is 1. The Hall–Kier alpha value is -2.32. The number of carbonyl (C=O) groups is 2. The van der Waals surface area contributed by atoms with Gasteiger partial charge in [-0.1, -0.05) is 0 Å². The number of rotatable bonds is 7. The van der Waals surface area contributed by atoms with E-state index in [2.05, 4.69) is 5.43 Å². The fourth-order valence-electron chi connectivity index (χ4n) is 2.26. The van der Waals surface area contributed by atoms with Crippen molar-refractivity contribution >= 4 is 17.6 Å². The molecular weight excluding hydrogens is 302 g/mol.